The van der Waals surface area contributed by atoms with Crippen molar-refractivity contribution in [3.8, 4) is 11.5 Å². The van der Waals surface area contributed by atoms with Gasteiger partial charge in [-0.3, -0.25) is 9.59 Å². The second kappa shape index (κ2) is 5.81. The molecule has 1 saturated heterocycles. The first-order valence-electron chi connectivity index (χ1n) is 6.32. The third-order valence-electron chi connectivity index (χ3n) is 3.40. The standard InChI is InChI=1S/C14H18N2O4/c1-19-11-3-9(4-12(6-11)20-2)7-16-8-10(14(15)18)5-13(16)17/h3-4,6,10H,5,7-8H2,1-2H3,(H2,15,18). The van der Waals surface area contributed by atoms with E-state index in [1.54, 1.807) is 25.2 Å². The van der Waals surface area contributed by atoms with E-state index in [1.165, 1.54) is 0 Å². The molecule has 1 aliphatic rings. The molecule has 1 heterocycles. The van der Waals surface area contributed by atoms with Gasteiger partial charge in [0.2, 0.25) is 11.8 Å². The lowest BCUT2D eigenvalue weighted by molar-refractivity contribution is -0.128. The Morgan fingerprint density at radius 2 is 1.90 bits per heavy atom. The molecule has 2 N–H and O–H groups in total. The van der Waals surface area contributed by atoms with Crippen LogP contribution in [0.15, 0.2) is 18.2 Å². The highest BCUT2D eigenvalue weighted by Gasteiger charge is 2.32. The summed E-state index contributed by atoms with van der Waals surface area (Å²) >= 11 is 0. The number of ether oxygens (including phenoxy) is 2. The van der Waals surface area contributed by atoms with Crippen LogP contribution in [0.2, 0.25) is 0 Å². The topological polar surface area (TPSA) is 81.9 Å². The predicted molar refractivity (Wildman–Crippen MR) is 72.3 cm³/mol. The van der Waals surface area contributed by atoms with E-state index < -0.39 is 11.8 Å². The van der Waals surface area contributed by atoms with Crippen LogP contribution in [-0.2, 0) is 16.1 Å². The van der Waals surface area contributed by atoms with E-state index in [2.05, 4.69) is 0 Å². The largest absolute Gasteiger partial charge is 0.497 e. The summed E-state index contributed by atoms with van der Waals surface area (Å²) in [5.74, 6) is 0.449. The van der Waals surface area contributed by atoms with Crippen molar-refractivity contribution in [2.24, 2.45) is 11.7 Å². The number of methoxy groups -OCH3 is 2. The van der Waals surface area contributed by atoms with Crippen molar-refractivity contribution in [3.05, 3.63) is 23.8 Å². The van der Waals surface area contributed by atoms with Crippen LogP contribution in [0.5, 0.6) is 11.5 Å². The number of benzene rings is 1. The summed E-state index contributed by atoms with van der Waals surface area (Å²) in [5.41, 5.74) is 6.14. The Morgan fingerprint density at radius 3 is 2.35 bits per heavy atom. The Balaban J connectivity index is 2.14. The summed E-state index contributed by atoms with van der Waals surface area (Å²) in [7, 11) is 3.14. The molecule has 2 rings (SSSR count). The molecular formula is C14H18N2O4. The van der Waals surface area contributed by atoms with Crippen LogP contribution >= 0.6 is 0 Å². The van der Waals surface area contributed by atoms with Gasteiger partial charge in [0.15, 0.2) is 0 Å². The fourth-order valence-electron chi connectivity index (χ4n) is 2.29. The molecular weight excluding hydrogens is 260 g/mol. The van der Waals surface area contributed by atoms with Crippen molar-refractivity contribution in [1.29, 1.82) is 0 Å². The summed E-state index contributed by atoms with van der Waals surface area (Å²) in [5, 5.41) is 0. The molecule has 108 valence electrons. The van der Waals surface area contributed by atoms with Gasteiger partial charge in [-0.05, 0) is 17.7 Å². The molecule has 6 nitrogen and oxygen atoms in total. The Kier molecular flexibility index (Phi) is 4.12. The molecule has 1 aromatic carbocycles. The van der Waals surface area contributed by atoms with E-state index in [1.807, 2.05) is 12.1 Å². The molecule has 1 atom stereocenters. The summed E-state index contributed by atoms with van der Waals surface area (Å²) in [4.78, 5) is 24.6. The average molecular weight is 278 g/mol. The van der Waals surface area contributed by atoms with Gasteiger partial charge < -0.3 is 20.1 Å². The molecule has 20 heavy (non-hydrogen) atoms. The minimum absolute atomic E-state index is 0.0596. The van der Waals surface area contributed by atoms with Gasteiger partial charge in [0, 0.05) is 25.6 Å². The Morgan fingerprint density at radius 1 is 1.30 bits per heavy atom. The molecule has 6 heteroatoms. The van der Waals surface area contributed by atoms with Crippen molar-refractivity contribution in [1.82, 2.24) is 4.90 Å². The highest BCUT2D eigenvalue weighted by molar-refractivity contribution is 5.88. The number of rotatable bonds is 5. The van der Waals surface area contributed by atoms with Gasteiger partial charge >= 0.3 is 0 Å². The third kappa shape index (κ3) is 3.01. The number of primary amides is 1. The average Bonchev–Trinajstić information content (AvgIpc) is 2.80. The summed E-state index contributed by atoms with van der Waals surface area (Å²) in [6, 6.07) is 5.45. The van der Waals surface area contributed by atoms with Crippen LogP contribution in [0.1, 0.15) is 12.0 Å². The van der Waals surface area contributed by atoms with E-state index in [4.69, 9.17) is 15.2 Å². The van der Waals surface area contributed by atoms with Gasteiger partial charge in [-0.15, -0.1) is 0 Å². The van der Waals surface area contributed by atoms with E-state index in [0.717, 1.165) is 5.56 Å². The number of nitrogens with two attached hydrogens (primary N) is 1. The van der Waals surface area contributed by atoms with Gasteiger partial charge in [0.1, 0.15) is 11.5 Å². The monoisotopic (exact) mass is 278 g/mol. The predicted octanol–water partition coefficient (Wildman–Crippen LogP) is 0.538. The van der Waals surface area contributed by atoms with Crippen LogP contribution < -0.4 is 15.2 Å². The Hall–Kier alpha value is -2.24. The first kappa shape index (κ1) is 14.2. The zero-order valence-corrected chi connectivity index (χ0v) is 11.6. The summed E-state index contributed by atoms with van der Waals surface area (Å²) in [6.07, 6.45) is 0.191. The van der Waals surface area contributed by atoms with E-state index >= 15 is 0 Å². The van der Waals surface area contributed by atoms with Crippen molar-refractivity contribution < 1.29 is 19.1 Å². The quantitative estimate of drug-likeness (QED) is 0.852. The molecule has 0 aliphatic carbocycles. The summed E-state index contributed by atoms with van der Waals surface area (Å²) < 4.78 is 10.4. The number of likely N-dealkylation sites (tertiary alicyclic amines) is 1. The maximum absolute atomic E-state index is 11.9. The second-order valence-corrected chi connectivity index (χ2v) is 4.80. The van der Waals surface area contributed by atoms with E-state index in [9.17, 15) is 9.59 Å². The normalized spacial score (nSPS) is 18.2. The molecule has 0 aromatic heterocycles. The molecule has 2 amide bonds. The van der Waals surface area contributed by atoms with Gasteiger partial charge in [-0.25, -0.2) is 0 Å². The lowest BCUT2D eigenvalue weighted by Gasteiger charge is -2.17. The molecule has 0 radical (unpaired) electrons. The van der Waals surface area contributed by atoms with Gasteiger partial charge in [-0.1, -0.05) is 0 Å². The highest BCUT2D eigenvalue weighted by atomic mass is 16.5. The van der Waals surface area contributed by atoms with Gasteiger partial charge in [0.25, 0.3) is 0 Å². The van der Waals surface area contributed by atoms with Crippen LogP contribution in [0.3, 0.4) is 0 Å². The van der Waals surface area contributed by atoms with Crippen molar-refractivity contribution in [2.45, 2.75) is 13.0 Å². The Bertz CT molecular complexity index is 508. The van der Waals surface area contributed by atoms with Crippen LogP contribution in [-0.4, -0.2) is 37.5 Å². The Labute approximate surface area is 117 Å². The molecule has 1 aromatic rings. The van der Waals surface area contributed by atoms with Gasteiger partial charge in [-0.2, -0.15) is 0 Å². The first-order valence-corrected chi connectivity index (χ1v) is 6.32. The maximum atomic E-state index is 11.9. The lowest BCUT2D eigenvalue weighted by atomic mass is 10.1. The molecule has 0 spiro atoms. The highest BCUT2D eigenvalue weighted by Crippen LogP contribution is 2.25. The number of nitrogens with zero attached hydrogens (tertiary/aromatic N) is 1. The third-order valence-corrected chi connectivity index (χ3v) is 3.40. The zero-order chi connectivity index (χ0) is 14.7. The number of carbonyl (C=O) groups is 2. The minimum atomic E-state index is -0.427. The number of amides is 2. The van der Waals surface area contributed by atoms with Crippen LogP contribution in [0.4, 0.5) is 0 Å². The fourth-order valence-corrected chi connectivity index (χ4v) is 2.29. The van der Waals surface area contributed by atoms with E-state index in [-0.39, 0.29) is 12.3 Å². The molecule has 1 aliphatic heterocycles. The minimum Gasteiger partial charge on any atom is -0.497 e. The number of hydrogen-bond acceptors (Lipinski definition) is 4. The maximum Gasteiger partial charge on any atom is 0.223 e. The lowest BCUT2D eigenvalue weighted by Crippen LogP contribution is -2.28. The fraction of sp³-hybridized carbons (Fsp3) is 0.429. The SMILES string of the molecule is COc1cc(CN2CC(C(N)=O)CC2=O)cc(OC)c1. The molecule has 0 bridgehead atoms. The number of carbonyl (C=O) groups excluding carboxylic acids is 2. The van der Waals surface area contributed by atoms with Gasteiger partial charge in [0.05, 0.1) is 20.1 Å². The van der Waals surface area contributed by atoms with Crippen molar-refractivity contribution in [2.75, 3.05) is 20.8 Å². The molecule has 1 unspecified atom stereocenters. The second-order valence-electron chi connectivity index (χ2n) is 4.80. The van der Waals surface area contributed by atoms with Crippen molar-refractivity contribution in [3.63, 3.8) is 0 Å². The zero-order valence-electron chi connectivity index (χ0n) is 11.6. The van der Waals surface area contributed by atoms with Crippen molar-refractivity contribution >= 4 is 11.8 Å². The first-order chi connectivity index (χ1) is 9.53. The summed E-state index contributed by atoms with van der Waals surface area (Å²) in [6.45, 7) is 0.782. The molecule has 1 fully saturated rings. The van der Waals surface area contributed by atoms with Crippen LogP contribution in [0.25, 0.3) is 0 Å². The van der Waals surface area contributed by atoms with E-state index in [0.29, 0.717) is 24.6 Å². The smallest absolute Gasteiger partial charge is 0.223 e. The van der Waals surface area contributed by atoms with Crippen LogP contribution in [0, 0.1) is 5.92 Å². The molecule has 0 saturated carbocycles. The number of hydrogen-bond donors (Lipinski definition) is 1.